The molecule has 2 heterocycles. The summed E-state index contributed by atoms with van der Waals surface area (Å²) >= 11 is 0. The molecular weight excluding hydrogens is 293 g/mol. The van der Waals surface area contributed by atoms with Gasteiger partial charge in [-0.2, -0.15) is 4.98 Å². The number of aromatic nitrogens is 2. The largest absolute Gasteiger partial charge is 0.339 e. The molecule has 0 saturated carbocycles. The van der Waals surface area contributed by atoms with Gasteiger partial charge >= 0.3 is 0 Å². The number of piperidine rings is 1. The highest BCUT2D eigenvalue weighted by Crippen LogP contribution is 2.27. The number of halogens is 1. The average Bonchev–Trinajstić information content (AvgIpc) is 3.04. The van der Waals surface area contributed by atoms with Gasteiger partial charge in [0.25, 0.3) is 0 Å². The van der Waals surface area contributed by atoms with E-state index >= 15 is 0 Å². The molecule has 0 radical (unpaired) electrons. The highest BCUT2D eigenvalue weighted by atomic mass is 19.1. The monoisotopic (exact) mass is 317 g/mol. The Balaban J connectivity index is 1.66. The molecule has 1 aliphatic heterocycles. The molecule has 2 aromatic rings. The molecule has 23 heavy (non-hydrogen) atoms. The van der Waals surface area contributed by atoms with E-state index in [1.54, 1.807) is 12.1 Å². The van der Waals surface area contributed by atoms with E-state index in [9.17, 15) is 4.39 Å². The molecule has 1 aromatic heterocycles. The van der Waals surface area contributed by atoms with E-state index in [-0.39, 0.29) is 5.82 Å². The second-order valence-electron chi connectivity index (χ2n) is 6.79. The lowest BCUT2D eigenvalue weighted by Gasteiger charge is -2.31. The zero-order valence-electron chi connectivity index (χ0n) is 13.8. The molecule has 4 nitrogen and oxygen atoms in total. The van der Waals surface area contributed by atoms with Crippen LogP contribution in [0, 0.1) is 11.7 Å². The van der Waals surface area contributed by atoms with Crippen molar-refractivity contribution in [2.75, 3.05) is 19.6 Å². The van der Waals surface area contributed by atoms with Gasteiger partial charge in [0, 0.05) is 12.1 Å². The van der Waals surface area contributed by atoms with E-state index in [1.165, 1.54) is 18.6 Å². The first-order valence-corrected chi connectivity index (χ1v) is 8.43. The van der Waals surface area contributed by atoms with Crippen molar-refractivity contribution >= 4 is 0 Å². The van der Waals surface area contributed by atoms with Crippen molar-refractivity contribution in [1.82, 2.24) is 15.0 Å². The quantitative estimate of drug-likeness (QED) is 0.832. The predicted octanol–water partition coefficient (Wildman–Crippen LogP) is 4.10. The maximum atomic E-state index is 13.0. The second kappa shape index (κ2) is 7.21. The zero-order chi connectivity index (χ0) is 16.2. The van der Waals surface area contributed by atoms with E-state index in [0.717, 1.165) is 44.0 Å². The summed E-state index contributed by atoms with van der Waals surface area (Å²) in [5.74, 6) is 2.02. The van der Waals surface area contributed by atoms with Gasteiger partial charge in [0.1, 0.15) is 5.82 Å². The number of hydrogen-bond acceptors (Lipinski definition) is 4. The van der Waals surface area contributed by atoms with Crippen LogP contribution in [0.5, 0.6) is 0 Å². The first-order chi connectivity index (χ1) is 11.1. The van der Waals surface area contributed by atoms with Gasteiger partial charge in [-0.1, -0.05) is 19.0 Å². The summed E-state index contributed by atoms with van der Waals surface area (Å²) in [5.41, 5.74) is 0.786. The van der Waals surface area contributed by atoms with E-state index in [0.29, 0.717) is 17.6 Å². The number of likely N-dealkylation sites (tertiary alicyclic amines) is 1. The molecule has 0 spiro atoms. The summed E-state index contributed by atoms with van der Waals surface area (Å²) < 4.78 is 18.5. The molecule has 0 amide bonds. The maximum Gasteiger partial charge on any atom is 0.231 e. The molecule has 124 valence electrons. The first-order valence-electron chi connectivity index (χ1n) is 8.43. The van der Waals surface area contributed by atoms with E-state index in [1.807, 2.05) is 0 Å². The molecule has 5 heteroatoms. The normalized spacial score (nSPS) is 19.4. The summed E-state index contributed by atoms with van der Waals surface area (Å²) in [6.07, 6.45) is 3.47. The van der Waals surface area contributed by atoms with Crippen molar-refractivity contribution in [3.8, 4) is 11.4 Å². The summed E-state index contributed by atoms with van der Waals surface area (Å²) in [6.45, 7) is 7.79. The summed E-state index contributed by atoms with van der Waals surface area (Å²) in [6, 6.07) is 6.19. The third-order valence-electron chi connectivity index (χ3n) is 4.42. The third kappa shape index (κ3) is 4.16. The summed E-state index contributed by atoms with van der Waals surface area (Å²) in [4.78, 5) is 7.03. The molecule has 1 unspecified atom stereocenters. The molecule has 1 saturated heterocycles. The van der Waals surface area contributed by atoms with Crippen molar-refractivity contribution in [2.45, 2.75) is 39.0 Å². The van der Waals surface area contributed by atoms with E-state index in [4.69, 9.17) is 4.52 Å². The van der Waals surface area contributed by atoms with Crippen LogP contribution in [0.25, 0.3) is 11.4 Å². The van der Waals surface area contributed by atoms with Crippen molar-refractivity contribution in [1.29, 1.82) is 0 Å². The van der Waals surface area contributed by atoms with Gasteiger partial charge in [0.2, 0.25) is 11.7 Å². The van der Waals surface area contributed by atoms with Gasteiger partial charge in [-0.3, -0.25) is 0 Å². The summed E-state index contributed by atoms with van der Waals surface area (Å²) in [7, 11) is 0. The number of hydrogen-bond donors (Lipinski definition) is 0. The average molecular weight is 317 g/mol. The predicted molar refractivity (Wildman–Crippen MR) is 87.6 cm³/mol. The van der Waals surface area contributed by atoms with E-state index in [2.05, 4.69) is 28.9 Å². The highest BCUT2D eigenvalue weighted by Gasteiger charge is 2.26. The zero-order valence-corrected chi connectivity index (χ0v) is 13.8. The van der Waals surface area contributed by atoms with Gasteiger partial charge in [0.15, 0.2) is 0 Å². The number of benzene rings is 1. The fourth-order valence-electron chi connectivity index (χ4n) is 3.02. The highest BCUT2D eigenvalue weighted by molar-refractivity contribution is 5.53. The Morgan fingerprint density at radius 2 is 2.09 bits per heavy atom. The Kier molecular flexibility index (Phi) is 5.06. The molecule has 0 aliphatic carbocycles. The fourth-order valence-corrected chi connectivity index (χ4v) is 3.02. The number of rotatable bonds is 5. The SMILES string of the molecule is CC(C)CCN1CCCC(c2nc(-c3ccc(F)cc3)no2)C1. The standard InChI is InChI=1S/C18H24FN3O/c1-13(2)9-11-22-10-3-4-15(12-22)18-20-17(21-23-18)14-5-7-16(19)8-6-14/h5-8,13,15H,3-4,9-12H2,1-2H3. The molecule has 3 rings (SSSR count). The lowest BCUT2D eigenvalue weighted by molar-refractivity contribution is 0.179. The van der Waals surface area contributed by atoms with Crippen LogP contribution in [0.4, 0.5) is 4.39 Å². The second-order valence-corrected chi connectivity index (χ2v) is 6.79. The summed E-state index contributed by atoms with van der Waals surface area (Å²) in [5, 5.41) is 4.06. The minimum atomic E-state index is -0.259. The van der Waals surface area contributed by atoms with Gasteiger partial charge in [-0.15, -0.1) is 0 Å². The van der Waals surface area contributed by atoms with Crippen LogP contribution >= 0.6 is 0 Å². The van der Waals surface area contributed by atoms with Crippen LogP contribution < -0.4 is 0 Å². The van der Waals surface area contributed by atoms with Gasteiger partial charge in [-0.25, -0.2) is 4.39 Å². The van der Waals surface area contributed by atoms with Gasteiger partial charge in [0.05, 0.1) is 5.92 Å². The van der Waals surface area contributed by atoms with Crippen molar-refractivity contribution in [2.24, 2.45) is 5.92 Å². The minimum Gasteiger partial charge on any atom is -0.339 e. The maximum absolute atomic E-state index is 13.0. The molecule has 1 atom stereocenters. The topological polar surface area (TPSA) is 42.2 Å². The van der Waals surface area contributed by atoms with Gasteiger partial charge < -0.3 is 9.42 Å². The van der Waals surface area contributed by atoms with Crippen molar-refractivity contribution in [3.05, 3.63) is 36.0 Å². The number of nitrogens with zero attached hydrogens (tertiary/aromatic N) is 3. The van der Waals surface area contributed by atoms with Crippen LogP contribution in [0.1, 0.15) is 44.9 Å². The van der Waals surface area contributed by atoms with Crippen molar-refractivity contribution in [3.63, 3.8) is 0 Å². The molecule has 1 aromatic carbocycles. The van der Waals surface area contributed by atoms with Crippen LogP contribution in [0.15, 0.2) is 28.8 Å². The Bertz CT molecular complexity index is 623. The molecule has 0 bridgehead atoms. The molecule has 1 aliphatic rings. The Hall–Kier alpha value is -1.75. The minimum absolute atomic E-state index is 0.259. The fraction of sp³-hybridized carbons (Fsp3) is 0.556. The lowest BCUT2D eigenvalue weighted by atomic mass is 9.97. The molecule has 1 fully saturated rings. The Labute approximate surface area is 136 Å². The van der Waals surface area contributed by atoms with Crippen LogP contribution in [0.2, 0.25) is 0 Å². The van der Waals surface area contributed by atoms with Crippen molar-refractivity contribution < 1.29 is 8.91 Å². The molecule has 0 N–H and O–H groups in total. The Morgan fingerprint density at radius 3 is 2.83 bits per heavy atom. The molecular formula is C18H24FN3O. The van der Waals surface area contributed by atoms with Crippen LogP contribution in [-0.2, 0) is 0 Å². The van der Waals surface area contributed by atoms with Gasteiger partial charge in [-0.05, 0) is 62.5 Å². The third-order valence-corrected chi connectivity index (χ3v) is 4.42. The smallest absolute Gasteiger partial charge is 0.231 e. The van der Waals surface area contributed by atoms with Crippen LogP contribution in [-0.4, -0.2) is 34.7 Å². The van der Waals surface area contributed by atoms with E-state index < -0.39 is 0 Å². The Morgan fingerprint density at radius 1 is 1.30 bits per heavy atom. The first kappa shape index (κ1) is 16.1. The van der Waals surface area contributed by atoms with Crippen LogP contribution in [0.3, 0.4) is 0 Å². The lowest BCUT2D eigenvalue weighted by Crippen LogP contribution is -2.35.